The largest absolute Gasteiger partial charge is 0.311 e. The lowest BCUT2D eigenvalue weighted by Gasteiger charge is -2.44. The summed E-state index contributed by atoms with van der Waals surface area (Å²) in [5.41, 5.74) is 21.3. The van der Waals surface area contributed by atoms with E-state index in [0.717, 1.165) is 45.0 Å². The first-order valence-electron chi connectivity index (χ1n) is 24.1. The van der Waals surface area contributed by atoms with Crippen LogP contribution in [0, 0.1) is 11.6 Å². The number of halogens is 2. The lowest BCUT2D eigenvalue weighted by atomic mass is 9.33. The Hall–Kier alpha value is -7.55. The number of anilines is 6. The fourth-order valence-electron chi connectivity index (χ4n) is 12.4. The van der Waals surface area contributed by atoms with Crippen LogP contribution in [0.1, 0.15) is 45.2 Å². The van der Waals surface area contributed by atoms with E-state index in [1.165, 1.54) is 74.8 Å². The molecule has 334 valence electrons. The predicted molar refractivity (Wildman–Crippen MR) is 297 cm³/mol. The molecule has 8 aromatic carbocycles. The zero-order valence-corrected chi connectivity index (χ0v) is 40.4. The summed E-state index contributed by atoms with van der Waals surface area (Å²) in [5.74, 6) is -0.629. The number of hydrogen-bond donors (Lipinski definition) is 0. The third-order valence-electron chi connectivity index (χ3n) is 15.2. The van der Waals surface area contributed by atoms with Gasteiger partial charge in [0.2, 0.25) is 0 Å². The highest BCUT2D eigenvalue weighted by atomic mass is 32.1. The number of nitrogens with zero attached hydrogens (tertiary/aromatic N) is 2. The maximum atomic E-state index is 14.7. The molecular weight excluding hydrogens is 929 g/mol. The molecule has 0 aliphatic carbocycles. The van der Waals surface area contributed by atoms with Gasteiger partial charge in [0.15, 0.2) is 0 Å². The number of para-hydroxylation sites is 2. The Morgan fingerprint density at radius 1 is 0.380 bits per heavy atom. The van der Waals surface area contributed by atoms with Gasteiger partial charge in [-0.3, -0.25) is 0 Å². The Balaban J connectivity index is 1.08. The van der Waals surface area contributed by atoms with Gasteiger partial charge in [0, 0.05) is 44.1 Å². The maximum absolute atomic E-state index is 14.7. The third kappa shape index (κ3) is 6.16. The van der Waals surface area contributed by atoms with Gasteiger partial charge in [-0.15, -0.1) is 0 Å². The van der Waals surface area contributed by atoms with Gasteiger partial charge in [-0.2, -0.15) is 34.0 Å². The van der Waals surface area contributed by atoms with Crippen molar-refractivity contribution in [3.8, 4) is 22.3 Å². The highest BCUT2D eigenvalue weighted by Crippen LogP contribution is 2.52. The molecule has 11 aromatic rings. The van der Waals surface area contributed by atoms with Crippen molar-refractivity contribution < 1.29 is 8.78 Å². The van der Waals surface area contributed by atoms with Crippen LogP contribution in [0.2, 0.25) is 0 Å². The molecule has 9 heteroatoms. The fourth-order valence-corrected chi connectivity index (χ4v) is 16.1. The van der Waals surface area contributed by atoms with Crippen molar-refractivity contribution in [1.82, 2.24) is 0 Å². The second-order valence-corrected chi connectivity index (χ2v) is 21.9. The van der Waals surface area contributed by atoms with E-state index in [1.807, 2.05) is 58.3 Å². The van der Waals surface area contributed by atoms with Crippen molar-refractivity contribution in [2.24, 2.45) is 0 Å². The molecule has 0 saturated heterocycles. The molecule has 0 saturated carbocycles. The first kappa shape index (κ1) is 41.3. The van der Waals surface area contributed by atoms with E-state index in [4.69, 9.17) is 0 Å². The smallest absolute Gasteiger partial charge is 0.276 e. The summed E-state index contributed by atoms with van der Waals surface area (Å²) >= 11 is 5.74. The molecule has 3 aromatic heterocycles. The van der Waals surface area contributed by atoms with E-state index in [9.17, 15) is 8.78 Å². The average molecular weight is 967 g/mol. The Kier molecular flexibility index (Phi) is 9.29. The highest BCUT2D eigenvalue weighted by Gasteiger charge is 2.53. The number of thiophene rings is 3. The molecule has 2 nitrogen and oxygen atoms in total. The van der Waals surface area contributed by atoms with Crippen LogP contribution < -0.4 is 39.8 Å². The van der Waals surface area contributed by atoms with Crippen LogP contribution in [0.5, 0.6) is 0 Å². The number of rotatable bonds is 6. The van der Waals surface area contributed by atoms with Gasteiger partial charge < -0.3 is 9.80 Å². The summed E-state index contributed by atoms with van der Waals surface area (Å²) < 4.78 is 34.9. The van der Waals surface area contributed by atoms with E-state index in [1.54, 1.807) is 24.3 Å². The van der Waals surface area contributed by atoms with Crippen LogP contribution in [-0.2, 0) is 0 Å². The van der Waals surface area contributed by atoms with Crippen LogP contribution >= 0.6 is 34.0 Å². The van der Waals surface area contributed by atoms with Crippen LogP contribution in [0.3, 0.4) is 0 Å². The van der Waals surface area contributed by atoms with E-state index >= 15 is 0 Å². The average Bonchev–Trinajstić information content (AvgIpc) is 4.20. The second kappa shape index (κ2) is 16.0. The molecule has 1 unspecified atom stereocenters. The summed E-state index contributed by atoms with van der Waals surface area (Å²) in [5, 5.41) is 4.56. The molecular formula is C62H38B2F2N2S3. The quantitative estimate of drug-likeness (QED) is 0.153. The first-order chi connectivity index (χ1) is 35.1. The summed E-state index contributed by atoms with van der Waals surface area (Å²) in [6, 6.07) is 71.9. The van der Waals surface area contributed by atoms with Gasteiger partial charge >= 0.3 is 0 Å². The van der Waals surface area contributed by atoms with Crippen LogP contribution in [0.25, 0.3) is 22.3 Å². The summed E-state index contributed by atoms with van der Waals surface area (Å²) in [6.45, 7) is -0.0648. The van der Waals surface area contributed by atoms with Crippen molar-refractivity contribution in [1.29, 1.82) is 0 Å². The Morgan fingerprint density at radius 3 is 1.49 bits per heavy atom. The molecule has 71 heavy (non-hydrogen) atoms. The normalized spacial score (nSPS) is 15.6. The van der Waals surface area contributed by atoms with E-state index in [0.29, 0.717) is 0 Å². The molecule has 4 aliphatic heterocycles. The van der Waals surface area contributed by atoms with E-state index in [-0.39, 0.29) is 36.9 Å². The Labute approximate surface area is 423 Å². The molecule has 0 spiro atoms. The van der Waals surface area contributed by atoms with Gasteiger partial charge in [-0.25, -0.2) is 8.78 Å². The topological polar surface area (TPSA) is 6.48 Å². The molecule has 0 fully saturated rings. The number of hydrogen-bond acceptors (Lipinski definition) is 5. The minimum absolute atomic E-state index is 0.00927. The van der Waals surface area contributed by atoms with Gasteiger partial charge in [0.25, 0.3) is 13.4 Å². The van der Waals surface area contributed by atoms with Crippen LogP contribution in [0.4, 0.5) is 42.9 Å². The van der Waals surface area contributed by atoms with Crippen molar-refractivity contribution in [2.75, 3.05) is 9.80 Å². The highest BCUT2D eigenvalue weighted by molar-refractivity contribution is 7.43. The molecule has 4 aliphatic rings. The Bertz CT molecular complexity index is 3620. The summed E-state index contributed by atoms with van der Waals surface area (Å²) in [4.78, 5) is 5.02. The zero-order valence-electron chi connectivity index (χ0n) is 38.0. The molecule has 2 atom stereocenters. The lowest BCUT2D eigenvalue weighted by Crippen LogP contribution is -2.60. The summed E-state index contributed by atoms with van der Waals surface area (Å²) in [7, 11) is 0. The first-order valence-corrected chi connectivity index (χ1v) is 26.6. The van der Waals surface area contributed by atoms with Crippen molar-refractivity contribution >= 4 is 112 Å². The van der Waals surface area contributed by atoms with Crippen LogP contribution in [-0.4, -0.2) is 13.4 Å². The van der Waals surface area contributed by atoms with Gasteiger partial charge in [0.05, 0.1) is 11.4 Å². The van der Waals surface area contributed by atoms with Crippen molar-refractivity contribution in [3.63, 3.8) is 0 Å². The minimum Gasteiger partial charge on any atom is -0.311 e. The number of fused-ring (bicyclic) bond motifs is 9. The van der Waals surface area contributed by atoms with Gasteiger partial charge in [-0.05, 0) is 154 Å². The summed E-state index contributed by atoms with van der Waals surface area (Å²) in [6.07, 6.45) is 0. The van der Waals surface area contributed by atoms with Gasteiger partial charge in [-0.1, -0.05) is 139 Å². The molecule has 0 bridgehead atoms. The Morgan fingerprint density at radius 2 is 0.873 bits per heavy atom. The lowest BCUT2D eigenvalue weighted by molar-refractivity contribution is 0.627. The fraction of sp³-hybridized carbons (Fsp3) is 0.0323. The SMILES string of the molecule is Fc1ccc(-c2cc3c4c(c2)[C@H](c2ccccc2)c2ccsc2B4c2sc4c(c2C3c2ccccc2)N(c2ccccc2)c2cc(-c3ccc(F)cc3)cc3c2B4c2sccc2N3c2ccccc2)cc1. The second-order valence-electron chi connectivity index (χ2n) is 18.9. The van der Waals surface area contributed by atoms with Gasteiger partial charge in [0.1, 0.15) is 11.6 Å². The minimum atomic E-state index is -0.257. The zero-order chi connectivity index (χ0) is 46.9. The monoisotopic (exact) mass is 966 g/mol. The molecule has 0 N–H and O–H groups in total. The van der Waals surface area contributed by atoms with Crippen molar-refractivity contribution in [2.45, 2.75) is 11.8 Å². The molecule has 0 amide bonds. The van der Waals surface area contributed by atoms with E-state index < -0.39 is 0 Å². The maximum Gasteiger partial charge on any atom is 0.276 e. The molecule has 7 heterocycles. The van der Waals surface area contributed by atoms with Crippen LogP contribution in [0.15, 0.2) is 217 Å². The standard InChI is InChI=1S/C62H38B2F2N2S3/c65-43-25-21-37(22-26-43)41-33-48-53(39-13-5-1-6-14-39)47-29-31-69-59(47)63-56(48)49(34-41)54(40-15-7-2-8-16-40)55-58-62(71-61(55)63)64-57-51(67(45-17-9-3-10-18-45)50-30-32-70-60(50)64)35-42(38-23-27-44(66)28-24-38)36-52(57)68(58)46-19-11-4-12-20-46/h1-36,53-54H/t53-,54?/m1/s1. The molecule has 0 radical (unpaired) electrons. The number of benzene rings is 8. The third-order valence-corrected chi connectivity index (χ3v) is 18.5. The van der Waals surface area contributed by atoms with Crippen molar-refractivity contribution in [3.05, 3.63) is 262 Å². The van der Waals surface area contributed by atoms with E-state index in [2.05, 4.69) is 178 Å². The molecule has 15 rings (SSSR count). The predicted octanol–water partition coefficient (Wildman–Crippen LogP) is 13.1.